The number of rotatable bonds is 4. The lowest BCUT2D eigenvalue weighted by atomic mass is 10.0. The molecule has 2 aromatic carbocycles. The number of Topliss-reactive ketones (excluding diaryl/α,β-unsaturated/α-hetero) is 1. The van der Waals surface area contributed by atoms with Gasteiger partial charge in [-0.2, -0.15) is 0 Å². The van der Waals surface area contributed by atoms with Crippen molar-refractivity contribution in [3.05, 3.63) is 89.5 Å². The average molecular weight is 349 g/mol. The van der Waals surface area contributed by atoms with E-state index in [0.29, 0.717) is 30.1 Å². The van der Waals surface area contributed by atoms with Crippen LogP contribution in [0.4, 0.5) is 4.39 Å². The molecular weight excluding hydrogens is 333 g/mol. The summed E-state index contributed by atoms with van der Waals surface area (Å²) in [7, 11) is 0. The minimum atomic E-state index is -0.434. The Morgan fingerprint density at radius 2 is 1.73 bits per heavy atom. The van der Waals surface area contributed by atoms with Gasteiger partial charge in [0.25, 0.3) is 0 Å². The van der Waals surface area contributed by atoms with Gasteiger partial charge in [0.15, 0.2) is 5.78 Å². The fourth-order valence-electron chi connectivity index (χ4n) is 2.95. The largest absolute Gasteiger partial charge is 0.492 e. The van der Waals surface area contributed by atoms with Crippen LogP contribution in [0.25, 0.3) is 0 Å². The number of benzene rings is 2. The Balaban J connectivity index is 1.69. The van der Waals surface area contributed by atoms with Crippen LogP contribution in [-0.4, -0.2) is 17.4 Å². The maximum Gasteiger partial charge on any atom is 0.169 e. The zero-order chi connectivity index (χ0) is 17.9. The van der Waals surface area contributed by atoms with Crippen LogP contribution in [-0.2, 0) is 0 Å². The van der Waals surface area contributed by atoms with Gasteiger partial charge in [-0.3, -0.25) is 9.78 Å². The van der Waals surface area contributed by atoms with E-state index in [1.165, 1.54) is 12.1 Å². The molecule has 0 spiro atoms. The Morgan fingerprint density at radius 3 is 2.50 bits per heavy atom. The van der Waals surface area contributed by atoms with Crippen molar-refractivity contribution >= 4 is 5.78 Å². The van der Waals surface area contributed by atoms with E-state index in [1.807, 2.05) is 12.1 Å². The Kier molecular flexibility index (Phi) is 4.35. The zero-order valence-electron chi connectivity index (χ0n) is 13.9. The summed E-state index contributed by atoms with van der Waals surface area (Å²) >= 11 is 0. The molecule has 5 heteroatoms. The third-order valence-electron chi connectivity index (χ3n) is 4.28. The average Bonchev–Trinajstić information content (AvgIpc) is 2.68. The maximum atomic E-state index is 13.3. The highest BCUT2D eigenvalue weighted by molar-refractivity contribution is 5.99. The second-order valence-electron chi connectivity index (χ2n) is 6.01. The summed E-state index contributed by atoms with van der Waals surface area (Å²) < 4.78 is 25.1. The molecule has 4 nitrogen and oxygen atoms in total. The van der Waals surface area contributed by atoms with E-state index >= 15 is 0 Å². The van der Waals surface area contributed by atoms with Gasteiger partial charge >= 0.3 is 0 Å². The highest BCUT2D eigenvalue weighted by Gasteiger charge is 2.21. The van der Waals surface area contributed by atoms with Crippen LogP contribution in [0.5, 0.6) is 11.5 Å². The summed E-state index contributed by atoms with van der Waals surface area (Å²) in [5.74, 6) is 0.876. The second kappa shape index (κ2) is 6.96. The van der Waals surface area contributed by atoms with Gasteiger partial charge in [-0.15, -0.1) is 0 Å². The Morgan fingerprint density at radius 1 is 1.00 bits per heavy atom. The van der Waals surface area contributed by atoms with Crippen molar-refractivity contribution < 1.29 is 18.7 Å². The molecule has 0 N–H and O–H groups in total. The molecule has 4 rings (SSSR count). The van der Waals surface area contributed by atoms with Crippen LogP contribution in [0.2, 0.25) is 0 Å². The predicted octanol–water partition coefficient (Wildman–Crippen LogP) is 4.35. The first-order valence-electron chi connectivity index (χ1n) is 8.33. The molecule has 2 heterocycles. The molecule has 1 aliphatic heterocycles. The van der Waals surface area contributed by atoms with E-state index in [0.717, 1.165) is 11.1 Å². The number of ether oxygens (including phenoxy) is 2. The number of halogens is 1. The van der Waals surface area contributed by atoms with Crippen LogP contribution >= 0.6 is 0 Å². The lowest BCUT2D eigenvalue weighted by molar-refractivity contribution is 0.0933. The molecule has 0 saturated heterocycles. The van der Waals surface area contributed by atoms with Crippen molar-refractivity contribution in [2.75, 3.05) is 6.61 Å². The van der Waals surface area contributed by atoms with Gasteiger partial charge in [-0.05, 0) is 47.5 Å². The minimum absolute atomic E-state index is 0.0713. The first-order chi connectivity index (χ1) is 12.7. The van der Waals surface area contributed by atoms with Crippen LogP contribution < -0.4 is 9.47 Å². The number of hydrogen-bond acceptors (Lipinski definition) is 4. The third-order valence-corrected chi connectivity index (χ3v) is 4.28. The molecule has 0 amide bonds. The molecule has 0 bridgehead atoms. The van der Waals surface area contributed by atoms with Gasteiger partial charge in [0, 0.05) is 24.9 Å². The fourth-order valence-corrected chi connectivity index (χ4v) is 2.95. The number of carbonyl (C=O) groups excluding carboxylic acids is 1. The molecule has 0 fully saturated rings. The normalized spacial score (nSPS) is 14.3. The number of nitrogens with zero attached hydrogens (tertiary/aromatic N) is 1. The van der Waals surface area contributed by atoms with Gasteiger partial charge in [-0.1, -0.05) is 12.1 Å². The van der Waals surface area contributed by atoms with Gasteiger partial charge in [0.1, 0.15) is 23.4 Å². The summed E-state index contributed by atoms with van der Waals surface area (Å²) in [5.41, 5.74) is 2.28. The quantitative estimate of drug-likeness (QED) is 0.702. The van der Waals surface area contributed by atoms with E-state index in [9.17, 15) is 9.18 Å². The van der Waals surface area contributed by atoms with E-state index < -0.39 is 6.10 Å². The van der Waals surface area contributed by atoms with E-state index in [4.69, 9.17) is 9.47 Å². The summed E-state index contributed by atoms with van der Waals surface area (Å²) in [4.78, 5) is 16.0. The maximum absolute atomic E-state index is 13.3. The molecule has 0 aliphatic carbocycles. The monoisotopic (exact) mass is 349 g/mol. The topological polar surface area (TPSA) is 48.4 Å². The number of carbonyl (C=O) groups is 1. The van der Waals surface area contributed by atoms with Crippen LogP contribution in [0.3, 0.4) is 0 Å². The number of aromatic nitrogens is 1. The number of pyridine rings is 1. The van der Waals surface area contributed by atoms with Crippen molar-refractivity contribution in [3.8, 4) is 11.5 Å². The molecular formula is C21H16FNO3. The van der Waals surface area contributed by atoms with Crippen LogP contribution in [0.15, 0.2) is 67.0 Å². The molecule has 130 valence electrons. The molecule has 1 aromatic heterocycles. The van der Waals surface area contributed by atoms with Gasteiger partial charge in [0.05, 0.1) is 12.2 Å². The van der Waals surface area contributed by atoms with Crippen molar-refractivity contribution in [3.63, 3.8) is 0 Å². The van der Waals surface area contributed by atoms with Crippen LogP contribution in [0.1, 0.15) is 34.0 Å². The molecule has 1 aliphatic rings. The summed E-state index contributed by atoms with van der Waals surface area (Å²) in [5, 5.41) is 0. The van der Waals surface area contributed by atoms with Crippen molar-refractivity contribution in [2.24, 2.45) is 0 Å². The smallest absolute Gasteiger partial charge is 0.169 e. The first kappa shape index (κ1) is 16.3. The van der Waals surface area contributed by atoms with Crippen molar-refractivity contribution in [2.45, 2.75) is 12.5 Å². The third kappa shape index (κ3) is 3.28. The Labute approximate surface area is 150 Å². The van der Waals surface area contributed by atoms with Gasteiger partial charge in [0.2, 0.25) is 0 Å². The highest BCUT2D eigenvalue weighted by Crippen LogP contribution is 2.33. The molecule has 0 saturated carbocycles. The van der Waals surface area contributed by atoms with E-state index in [1.54, 1.807) is 42.7 Å². The lowest BCUT2D eigenvalue weighted by Gasteiger charge is -2.22. The van der Waals surface area contributed by atoms with Crippen molar-refractivity contribution in [1.29, 1.82) is 0 Å². The van der Waals surface area contributed by atoms with Gasteiger partial charge < -0.3 is 9.47 Å². The van der Waals surface area contributed by atoms with Gasteiger partial charge in [-0.25, -0.2) is 4.39 Å². The SMILES string of the molecule is O=C1CCOc2cc(OC(c3ccncc3)c3ccc(F)cc3)ccc21. The van der Waals surface area contributed by atoms with Crippen LogP contribution in [0, 0.1) is 5.82 Å². The number of hydrogen-bond donors (Lipinski definition) is 0. The van der Waals surface area contributed by atoms with E-state index in [-0.39, 0.29) is 11.6 Å². The predicted molar refractivity (Wildman–Crippen MR) is 94.0 cm³/mol. The summed E-state index contributed by atoms with van der Waals surface area (Å²) in [6, 6.07) is 15.1. The second-order valence-corrected chi connectivity index (χ2v) is 6.01. The van der Waals surface area contributed by atoms with E-state index in [2.05, 4.69) is 4.98 Å². The number of fused-ring (bicyclic) bond motifs is 1. The first-order valence-corrected chi connectivity index (χ1v) is 8.33. The molecule has 1 unspecified atom stereocenters. The zero-order valence-corrected chi connectivity index (χ0v) is 13.9. The van der Waals surface area contributed by atoms with Crippen molar-refractivity contribution in [1.82, 2.24) is 4.98 Å². The minimum Gasteiger partial charge on any atom is -0.492 e. The molecule has 3 aromatic rings. The Bertz CT molecular complexity index is 926. The highest BCUT2D eigenvalue weighted by atomic mass is 19.1. The summed E-state index contributed by atoms with van der Waals surface area (Å²) in [6.07, 6.45) is 3.33. The standard InChI is InChI=1S/C21H16FNO3/c22-16-3-1-14(2-4-16)21(15-7-10-23-11-8-15)26-17-5-6-18-19(24)9-12-25-20(18)13-17/h1-8,10-11,13,21H,9,12H2. The fraction of sp³-hybridized carbons (Fsp3) is 0.143. The number of ketones is 1. The summed E-state index contributed by atoms with van der Waals surface area (Å²) in [6.45, 7) is 0.376. The molecule has 26 heavy (non-hydrogen) atoms. The Hall–Kier alpha value is -3.21. The molecule has 0 radical (unpaired) electrons. The lowest BCUT2D eigenvalue weighted by Crippen LogP contribution is -2.15. The molecule has 1 atom stereocenters.